The summed E-state index contributed by atoms with van der Waals surface area (Å²) in [6.45, 7) is 4.34. The first-order valence-electron chi connectivity index (χ1n) is 13.4. The van der Waals surface area contributed by atoms with Crippen molar-refractivity contribution in [2.45, 2.75) is 19.1 Å². The Hall–Kier alpha value is -3.96. The molecule has 0 bridgehead atoms. The number of amides is 1. The van der Waals surface area contributed by atoms with Gasteiger partial charge in [0.15, 0.2) is 11.3 Å². The zero-order chi connectivity index (χ0) is 29.3. The molecule has 0 unspecified atom stereocenters. The zero-order valence-corrected chi connectivity index (χ0v) is 23.5. The Morgan fingerprint density at radius 2 is 1.68 bits per heavy atom. The molecule has 1 aliphatic rings. The molecule has 0 saturated carbocycles. The monoisotopic (exact) mass is 566 g/mol. The molecule has 5 rings (SSSR count). The van der Waals surface area contributed by atoms with Crippen molar-refractivity contribution in [3.63, 3.8) is 0 Å². The van der Waals surface area contributed by atoms with Crippen LogP contribution in [0.15, 0.2) is 60.8 Å². The number of hydrogen-bond donors (Lipinski definition) is 0. The Morgan fingerprint density at radius 1 is 1.02 bits per heavy atom. The Morgan fingerprint density at radius 3 is 2.27 bits per heavy atom. The van der Waals surface area contributed by atoms with Crippen LogP contribution in [-0.2, 0) is 6.18 Å². The van der Waals surface area contributed by atoms with Gasteiger partial charge >= 0.3 is 6.18 Å². The quantitative estimate of drug-likeness (QED) is 0.321. The van der Waals surface area contributed by atoms with Crippen molar-refractivity contribution in [2.75, 3.05) is 53.9 Å². The molecule has 0 aliphatic carbocycles. The van der Waals surface area contributed by atoms with E-state index < -0.39 is 11.9 Å². The number of likely N-dealkylation sites (N-methyl/N-ethyl adjacent to an activating group) is 1. The summed E-state index contributed by atoms with van der Waals surface area (Å²) in [5, 5.41) is 3.99. The van der Waals surface area contributed by atoms with Crippen molar-refractivity contribution >= 4 is 11.6 Å². The smallest absolute Gasteiger partial charge is 0.433 e. The average Bonchev–Trinajstić information content (AvgIpc) is 3.38. The fourth-order valence-electron chi connectivity index (χ4n) is 5.45. The van der Waals surface area contributed by atoms with Crippen LogP contribution in [0.4, 0.5) is 13.2 Å². The number of piperazine rings is 1. The SMILES string of the molecule is COc1ccc(-c2nc3c(C(=O)N4CCN([C@@H](CN(C)C)c5ccccc5)CC4)cnn3c(C(F)(F)F)c2C)cc1. The Kier molecular flexibility index (Phi) is 8.01. The minimum absolute atomic E-state index is 0.0478. The number of aromatic nitrogens is 3. The van der Waals surface area contributed by atoms with Crippen LogP contribution in [0, 0.1) is 6.92 Å². The molecule has 4 aromatic rings. The summed E-state index contributed by atoms with van der Waals surface area (Å²) in [6.07, 6.45) is -3.51. The van der Waals surface area contributed by atoms with Gasteiger partial charge in [-0.25, -0.2) is 9.50 Å². The molecule has 216 valence electrons. The first-order chi connectivity index (χ1) is 19.6. The van der Waals surface area contributed by atoms with E-state index in [1.807, 2.05) is 32.3 Å². The molecule has 0 radical (unpaired) electrons. The molecule has 11 heteroatoms. The highest BCUT2D eigenvalue weighted by atomic mass is 19.4. The van der Waals surface area contributed by atoms with E-state index in [2.05, 4.69) is 32.0 Å². The predicted octanol–water partition coefficient (Wildman–Crippen LogP) is 4.79. The molecule has 1 saturated heterocycles. The van der Waals surface area contributed by atoms with E-state index in [1.54, 1.807) is 29.2 Å². The number of nitrogens with zero attached hydrogens (tertiary/aromatic N) is 6. The van der Waals surface area contributed by atoms with Crippen molar-refractivity contribution in [3.05, 3.63) is 83.2 Å². The minimum Gasteiger partial charge on any atom is -0.497 e. The molecule has 0 N–H and O–H groups in total. The number of methoxy groups -OCH3 is 1. The number of halogens is 3. The van der Waals surface area contributed by atoms with Crippen LogP contribution in [-0.4, -0.2) is 89.1 Å². The highest BCUT2D eigenvalue weighted by Gasteiger charge is 2.39. The van der Waals surface area contributed by atoms with Crippen LogP contribution in [0.5, 0.6) is 5.75 Å². The summed E-state index contributed by atoms with van der Waals surface area (Å²) in [6, 6.07) is 17.0. The van der Waals surface area contributed by atoms with E-state index in [0.717, 1.165) is 11.1 Å². The first-order valence-corrected chi connectivity index (χ1v) is 13.4. The molecule has 1 amide bonds. The van der Waals surface area contributed by atoms with Crippen LogP contribution in [0.25, 0.3) is 16.9 Å². The molecule has 2 aromatic heterocycles. The molecule has 3 heterocycles. The van der Waals surface area contributed by atoms with Crippen LogP contribution in [0.2, 0.25) is 0 Å². The van der Waals surface area contributed by atoms with Gasteiger partial charge in [0, 0.05) is 49.9 Å². The number of ether oxygens (including phenoxy) is 1. The van der Waals surface area contributed by atoms with E-state index in [-0.39, 0.29) is 34.4 Å². The Labute approximate surface area is 236 Å². The van der Waals surface area contributed by atoms with Crippen LogP contribution < -0.4 is 4.74 Å². The van der Waals surface area contributed by atoms with Crippen molar-refractivity contribution in [1.82, 2.24) is 29.3 Å². The van der Waals surface area contributed by atoms with E-state index >= 15 is 0 Å². The molecular formula is C30H33F3N6O2. The molecule has 2 aromatic carbocycles. The lowest BCUT2D eigenvalue weighted by Crippen LogP contribution is -2.51. The highest BCUT2D eigenvalue weighted by molar-refractivity contribution is 6.00. The van der Waals surface area contributed by atoms with Crippen molar-refractivity contribution in [1.29, 1.82) is 0 Å². The summed E-state index contributed by atoms with van der Waals surface area (Å²) in [4.78, 5) is 24.4. The third-order valence-electron chi connectivity index (χ3n) is 7.51. The van der Waals surface area contributed by atoms with Crippen LogP contribution >= 0.6 is 0 Å². The molecule has 1 aliphatic heterocycles. The van der Waals surface area contributed by atoms with Crippen LogP contribution in [0.1, 0.15) is 33.2 Å². The molecule has 0 spiro atoms. The summed E-state index contributed by atoms with van der Waals surface area (Å²) in [7, 11) is 5.58. The summed E-state index contributed by atoms with van der Waals surface area (Å²) in [5.41, 5.74) is 0.736. The topological polar surface area (TPSA) is 66.2 Å². The molecule has 1 fully saturated rings. The minimum atomic E-state index is -4.71. The number of fused-ring (bicyclic) bond motifs is 1. The summed E-state index contributed by atoms with van der Waals surface area (Å²) in [5.74, 6) is 0.191. The summed E-state index contributed by atoms with van der Waals surface area (Å²) < 4.78 is 48.8. The van der Waals surface area contributed by atoms with Gasteiger partial charge in [0.2, 0.25) is 0 Å². The number of rotatable bonds is 7. The second-order valence-corrected chi connectivity index (χ2v) is 10.5. The number of hydrogen-bond acceptors (Lipinski definition) is 6. The zero-order valence-electron chi connectivity index (χ0n) is 23.5. The Balaban J connectivity index is 1.45. The lowest BCUT2D eigenvalue weighted by atomic mass is 10.0. The van der Waals surface area contributed by atoms with Crippen molar-refractivity contribution < 1.29 is 22.7 Å². The third-order valence-corrected chi connectivity index (χ3v) is 7.51. The van der Waals surface area contributed by atoms with Crippen LogP contribution in [0.3, 0.4) is 0 Å². The highest BCUT2D eigenvalue weighted by Crippen LogP contribution is 2.37. The van der Waals surface area contributed by atoms with Gasteiger partial charge in [0.05, 0.1) is 19.0 Å². The van der Waals surface area contributed by atoms with Crippen molar-refractivity contribution in [3.8, 4) is 17.0 Å². The number of carbonyl (C=O) groups is 1. The standard InChI is InChI=1S/C30H33F3N6O2/c1-20-26(22-10-12-23(41-4)13-11-22)35-28-24(18-34-39(28)27(20)30(31,32)33)29(40)38-16-14-37(15-17-38)25(19-36(2)3)21-8-6-5-7-9-21/h5-13,18,25H,14-17,19H2,1-4H3/t25-/m0/s1. The average molecular weight is 567 g/mol. The van der Waals surface area contributed by atoms with Gasteiger partial charge in [-0.3, -0.25) is 9.69 Å². The maximum atomic E-state index is 14.3. The molecule has 8 nitrogen and oxygen atoms in total. The van der Waals surface area contributed by atoms with Gasteiger partial charge in [-0.1, -0.05) is 30.3 Å². The molecule has 41 heavy (non-hydrogen) atoms. The van der Waals surface area contributed by atoms with Crippen molar-refractivity contribution in [2.24, 2.45) is 0 Å². The lowest BCUT2D eigenvalue weighted by Gasteiger charge is -2.40. The van der Waals surface area contributed by atoms with Gasteiger partial charge in [0.1, 0.15) is 11.3 Å². The number of carbonyl (C=O) groups excluding carboxylic acids is 1. The fraction of sp³-hybridized carbons (Fsp3) is 0.367. The van der Waals surface area contributed by atoms with Gasteiger partial charge in [-0.05, 0) is 50.8 Å². The third kappa shape index (κ3) is 5.77. The van der Waals surface area contributed by atoms with Gasteiger partial charge < -0.3 is 14.5 Å². The largest absolute Gasteiger partial charge is 0.497 e. The summed E-state index contributed by atoms with van der Waals surface area (Å²) >= 11 is 0. The van der Waals surface area contributed by atoms with E-state index in [1.165, 1.54) is 25.8 Å². The van der Waals surface area contributed by atoms with E-state index in [9.17, 15) is 18.0 Å². The number of alkyl halides is 3. The van der Waals surface area contributed by atoms with E-state index in [4.69, 9.17) is 4.74 Å². The second-order valence-electron chi connectivity index (χ2n) is 10.5. The molecule has 1 atom stereocenters. The van der Waals surface area contributed by atoms with Gasteiger partial charge in [-0.2, -0.15) is 18.3 Å². The van der Waals surface area contributed by atoms with E-state index in [0.29, 0.717) is 37.5 Å². The maximum absolute atomic E-state index is 14.3. The Bertz CT molecular complexity index is 1510. The lowest BCUT2D eigenvalue weighted by molar-refractivity contribution is -0.143. The predicted molar refractivity (Wildman–Crippen MR) is 150 cm³/mol. The molecular weight excluding hydrogens is 533 g/mol. The first kappa shape index (κ1) is 28.6. The number of benzene rings is 2. The normalized spacial score (nSPS) is 15.5. The fourth-order valence-corrected chi connectivity index (χ4v) is 5.45. The van der Waals surface area contributed by atoms with Gasteiger partial charge in [-0.15, -0.1) is 0 Å². The van der Waals surface area contributed by atoms with Gasteiger partial charge in [0.25, 0.3) is 5.91 Å². The second kappa shape index (κ2) is 11.5. The maximum Gasteiger partial charge on any atom is 0.433 e.